The van der Waals surface area contributed by atoms with Crippen LogP contribution in [0.15, 0.2) is 4.99 Å². The molecule has 6 nitrogen and oxygen atoms in total. The summed E-state index contributed by atoms with van der Waals surface area (Å²) in [7, 11) is 4.02. The molecule has 132 valence electrons. The van der Waals surface area contributed by atoms with Gasteiger partial charge in [0, 0.05) is 39.8 Å². The van der Waals surface area contributed by atoms with Gasteiger partial charge in [-0.05, 0) is 46.4 Å². The number of halogens is 1. The molecule has 0 amide bonds. The first-order valence-corrected chi connectivity index (χ1v) is 8.19. The molecule has 0 saturated carbocycles. The number of ether oxygens (including phenoxy) is 1. The molecule has 7 heteroatoms. The van der Waals surface area contributed by atoms with Crippen molar-refractivity contribution in [1.82, 2.24) is 20.4 Å². The van der Waals surface area contributed by atoms with Gasteiger partial charge in [0.1, 0.15) is 0 Å². The van der Waals surface area contributed by atoms with Crippen molar-refractivity contribution in [2.75, 3.05) is 73.1 Å². The van der Waals surface area contributed by atoms with Crippen LogP contribution in [0, 0.1) is 0 Å². The van der Waals surface area contributed by atoms with Gasteiger partial charge in [-0.1, -0.05) is 0 Å². The van der Waals surface area contributed by atoms with E-state index in [0.717, 1.165) is 45.2 Å². The number of hydrogen-bond acceptors (Lipinski definition) is 4. The largest absolute Gasteiger partial charge is 0.380 e. The van der Waals surface area contributed by atoms with E-state index in [2.05, 4.69) is 32.5 Å². The Hall–Kier alpha value is -0.120. The molecular formula is C15H34IN5O. The summed E-state index contributed by atoms with van der Waals surface area (Å²) in [5, 5.41) is 6.61. The summed E-state index contributed by atoms with van der Waals surface area (Å²) >= 11 is 0. The second kappa shape index (κ2) is 14.5. The first-order chi connectivity index (χ1) is 10.3. The molecule has 0 aromatic rings. The van der Waals surface area contributed by atoms with Crippen LogP contribution in [0.4, 0.5) is 0 Å². The van der Waals surface area contributed by atoms with E-state index in [1.54, 1.807) is 7.05 Å². The summed E-state index contributed by atoms with van der Waals surface area (Å²) < 4.78 is 5.30. The fourth-order valence-electron chi connectivity index (χ4n) is 2.44. The minimum absolute atomic E-state index is 0. The number of aliphatic imine (C=N–C) groups is 1. The van der Waals surface area contributed by atoms with Gasteiger partial charge in [0.2, 0.25) is 0 Å². The molecule has 0 aliphatic carbocycles. The Balaban J connectivity index is 0.00000441. The number of hydrogen-bond donors (Lipinski definition) is 2. The molecule has 0 unspecified atom stereocenters. The monoisotopic (exact) mass is 427 g/mol. The van der Waals surface area contributed by atoms with E-state index >= 15 is 0 Å². The highest BCUT2D eigenvalue weighted by Crippen LogP contribution is 2.01. The fraction of sp³-hybridized carbons (Fsp3) is 0.933. The third kappa shape index (κ3) is 10.6. The van der Waals surface area contributed by atoms with E-state index in [1.807, 2.05) is 6.92 Å². The lowest BCUT2D eigenvalue weighted by molar-refractivity contribution is 0.152. The van der Waals surface area contributed by atoms with Crippen molar-refractivity contribution in [3.63, 3.8) is 0 Å². The van der Waals surface area contributed by atoms with Crippen LogP contribution in [0.3, 0.4) is 0 Å². The SMILES string of the molecule is CCOCCNC(=NC)NCCCN1CCCN(C)CC1.I. The molecule has 1 rings (SSSR count). The average molecular weight is 427 g/mol. The van der Waals surface area contributed by atoms with Crippen LogP contribution in [-0.4, -0.2) is 88.9 Å². The van der Waals surface area contributed by atoms with Crippen molar-refractivity contribution in [1.29, 1.82) is 0 Å². The molecule has 1 heterocycles. The molecule has 1 saturated heterocycles. The minimum Gasteiger partial charge on any atom is -0.380 e. The van der Waals surface area contributed by atoms with Crippen molar-refractivity contribution in [3.05, 3.63) is 0 Å². The molecule has 1 fully saturated rings. The number of rotatable bonds is 8. The van der Waals surface area contributed by atoms with E-state index in [9.17, 15) is 0 Å². The maximum Gasteiger partial charge on any atom is 0.191 e. The van der Waals surface area contributed by atoms with Crippen LogP contribution in [0.1, 0.15) is 19.8 Å². The topological polar surface area (TPSA) is 52.1 Å². The predicted molar refractivity (Wildman–Crippen MR) is 104 cm³/mol. The molecule has 0 aromatic carbocycles. The number of nitrogens with one attached hydrogen (secondary N) is 2. The highest BCUT2D eigenvalue weighted by atomic mass is 127. The second-order valence-corrected chi connectivity index (χ2v) is 5.47. The number of guanidine groups is 1. The summed E-state index contributed by atoms with van der Waals surface area (Å²) in [6.45, 7) is 11.2. The zero-order valence-electron chi connectivity index (χ0n) is 14.4. The molecule has 1 aliphatic heterocycles. The standard InChI is InChI=1S/C15H33N5O.HI/c1-4-21-14-8-18-15(16-2)17-7-5-10-20-11-6-9-19(3)12-13-20;/h4-14H2,1-3H3,(H2,16,17,18);1H. The summed E-state index contributed by atoms with van der Waals surface area (Å²) in [6.07, 6.45) is 2.43. The Morgan fingerprint density at radius 2 is 1.91 bits per heavy atom. The smallest absolute Gasteiger partial charge is 0.191 e. The highest BCUT2D eigenvalue weighted by molar-refractivity contribution is 14.0. The van der Waals surface area contributed by atoms with Crippen molar-refractivity contribution in [2.45, 2.75) is 19.8 Å². The van der Waals surface area contributed by atoms with Crippen LogP contribution in [0.2, 0.25) is 0 Å². The predicted octanol–water partition coefficient (Wildman–Crippen LogP) is 0.834. The van der Waals surface area contributed by atoms with Gasteiger partial charge < -0.3 is 25.2 Å². The normalized spacial score (nSPS) is 17.7. The Labute approximate surface area is 153 Å². The van der Waals surface area contributed by atoms with Gasteiger partial charge in [0.25, 0.3) is 0 Å². The molecule has 2 N–H and O–H groups in total. The molecule has 0 bridgehead atoms. The average Bonchev–Trinajstić information content (AvgIpc) is 2.70. The Morgan fingerprint density at radius 3 is 2.64 bits per heavy atom. The summed E-state index contributed by atoms with van der Waals surface area (Å²) in [4.78, 5) is 9.20. The maximum atomic E-state index is 5.30. The molecule has 0 spiro atoms. The molecule has 0 aromatic heterocycles. The van der Waals surface area contributed by atoms with E-state index in [1.165, 1.54) is 32.6 Å². The second-order valence-electron chi connectivity index (χ2n) is 5.47. The van der Waals surface area contributed by atoms with Crippen molar-refractivity contribution in [2.24, 2.45) is 4.99 Å². The van der Waals surface area contributed by atoms with E-state index in [-0.39, 0.29) is 24.0 Å². The van der Waals surface area contributed by atoms with Crippen LogP contribution >= 0.6 is 24.0 Å². The third-order valence-corrected chi connectivity index (χ3v) is 3.72. The minimum atomic E-state index is 0. The van der Waals surface area contributed by atoms with Gasteiger partial charge in [-0.2, -0.15) is 0 Å². The molecular weight excluding hydrogens is 393 g/mol. The van der Waals surface area contributed by atoms with Gasteiger partial charge in [-0.3, -0.25) is 4.99 Å². The van der Waals surface area contributed by atoms with Gasteiger partial charge in [-0.25, -0.2) is 0 Å². The Bertz CT molecular complexity index is 291. The molecule has 22 heavy (non-hydrogen) atoms. The zero-order chi connectivity index (χ0) is 15.3. The quantitative estimate of drug-likeness (QED) is 0.260. The van der Waals surface area contributed by atoms with Crippen LogP contribution in [-0.2, 0) is 4.74 Å². The number of likely N-dealkylation sites (N-methyl/N-ethyl adjacent to an activating group) is 1. The molecule has 1 aliphatic rings. The lowest BCUT2D eigenvalue weighted by Gasteiger charge is -2.20. The van der Waals surface area contributed by atoms with Crippen LogP contribution in [0.5, 0.6) is 0 Å². The molecule has 0 atom stereocenters. The van der Waals surface area contributed by atoms with Gasteiger partial charge >= 0.3 is 0 Å². The third-order valence-electron chi connectivity index (χ3n) is 3.72. The summed E-state index contributed by atoms with van der Waals surface area (Å²) in [5.41, 5.74) is 0. The van der Waals surface area contributed by atoms with E-state index < -0.39 is 0 Å². The van der Waals surface area contributed by atoms with Gasteiger partial charge in [0.05, 0.1) is 6.61 Å². The van der Waals surface area contributed by atoms with Crippen molar-refractivity contribution < 1.29 is 4.74 Å². The van der Waals surface area contributed by atoms with Gasteiger partial charge in [0.15, 0.2) is 5.96 Å². The first kappa shape index (κ1) is 21.9. The van der Waals surface area contributed by atoms with Gasteiger partial charge in [-0.15, -0.1) is 24.0 Å². The highest BCUT2D eigenvalue weighted by Gasteiger charge is 2.11. The summed E-state index contributed by atoms with van der Waals surface area (Å²) in [5.74, 6) is 0.866. The Kier molecular flexibility index (Phi) is 14.4. The number of nitrogens with zero attached hydrogens (tertiary/aromatic N) is 3. The van der Waals surface area contributed by atoms with Crippen molar-refractivity contribution >= 4 is 29.9 Å². The first-order valence-electron chi connectivity index (χ1n) is 8.19. The Morgan fingerprint density at radius 1 is 1.14 bits per heavy atom. The van der Waals surface area contributed by atoms with Crippen molar-refractivity contribution in [3.8, 4) is 0 Å². The summed E-state index contributed by atoms with van der Waals surface area (Å²) in [6, 6.07) is 0. The molecule has 0 radical (unpaired) electrons. The lowest BCUT2D eigenvalue weighted by atomic mass is 10.3. The lowest BCUT2D eigenvalue weighted by Crippen LogP contribution is -2.40. The fourth-order valence-corrected chi connectivity index (χ4v) is 2.44. The van der Waals surface area contributed by atoms with Crippen LogP contribution in [0.25, 0.3) is 0 Å². The van der Waals surface area contributed by atoms with E-state index in [4.69, 9.17) is 4.74 Å². The zero-order valence-corrected chi connectivity index (χ0v) is 16.8. The maximum absolute atomic E-state index is 5.30. The van der Waals surface area contributed by atoms with E-state index in [0.29, 0.717) is 0 Å². The van der Waals surface area contributed by atoms with Crippen LogP contribution < -0.4 is 10.6 Å².